The minimum atomic E-state index is -0.0461. The van der Waals surface area contributed by atoms with E-state index in [2.05, 4.69) is 0 Å². The van der Waals surface area contributed by atoms with E-state index in [0.29, 0.717) is 32.6 Å². The Morgan fingerprint density at radius 1 is 0.947 bits per heavy atom. The number of hydrogen-bond acceptors (Lipinski definition) is 3. The molecule has 0 spiro atoms. The summed E-state index contributed by atoms with van der Waals surface area (Å²) in [6.07, 6.45) is 0.422. The van der Waals surface area contributed by atoms with Crippen molar-refractivity contribution in [3.63, 3.8) is 0 Å². The minimum Gasteiger partial charge on any atom is -0.339 e. The third-order valence-corrected chi connectivity index (χ3v) is 3.36. The SMILES string of the molecule is NCC(=O)N1CCN(C(=O)Cc2ccccc2)CC1. The van der Waals surface area contributed by atoms with E-state index in [4.69, 9.17) is 5.73 Å². The molecule has 0 aromatic heterocycles. The van der Waals surface area contributed by atoms with Crippen LogP contribution in [0.25, 0.3) is 0 Å². The Labute approximate surface area is 113 Å². The largest absolute Gasteiger partial charge is 0.339 e. The number of nitrogens with zero attached hydrogens (tertiary/aromatic N) is 2. The molecule has 1 aliphatic rings. The van der Waals surface area contributed by atoms with Crippen LogP contribution in [0.4, 0.5) is 0 Å². The molecule has 1 heterocycles. The molecule has 1 saturated heterocycles. The summed E-state index contributed by atoms with van der Waals surface area (Å²) < 4.78 is 0. The molecule has 0 radical (unpaired) electrons. The smallest absolute Gasteiger partial charge is 0.236 e. The van der Waals surface area contributed by atoms with E-state index in [1.165, 1.54) is 0 Å². The Kier molecular flexibility index (Phi) is 4.52. The summed E-state index contributed by atoms with van der Waals surface area (Å²) in [5.41, 5.74) is 6.35. The highest BCUT2D eigenvalue weighted by molar-refractivity contribution is 5.80. The lowest BCUT2D eigenvalue weighted by molar-refractivity contribution is -0.138. The molecule has 1 aromatic rings. The van der Waals surface area contributed by atoms with Gasteiger partial charge in [-0.2, -0.15) is 0 Å². The molecule has 1 aliphatic heterocycles. The molecular formula is C14H19N3O2. The predicted octanol–water partition coefficient (Wildman–Crippen LogP) is -0.141. The van der Waals surface area contributed by atoms with Gasteiger partial charge in [-0.05, 0) is 5.56 Å². The van der Waals surface area contributed by atoms with Gasteiger partial charge in [-0.15, -0.1) is 0 Å². The molecule has 0 unspecified atom stereocenters. The molecule has 5 heteroatoms. The van der Waals surface area contributed by atoms with E-state index >= 15 is 0 Å². The van der Waals surface area contributed by atoms with Crippen molar-refractivity contribution in [2.75, 3.05) is 32.7 Å². The standard InChI is InChI=1S/C14H19N3O2/c15-11-14(19)17-8-6-16(7-9-17)13(18)10-12-4-2-1-3-5-12/h1-5H,6-11,15H2. The number of amides is 2. The number of piperazine rings is 1. The van der Waals surface area contributed by atoms with E-state index < -0.39 is 0 Å². The topological polar surface area (TPSA) is 66.6 Å². The van der Waals surface area contributed by atoms with Crippen molar-refractivity contribution in [1.82, 2.24) is 9.80 Å². The fourth-order valence-electron chi connectivity index (χ4n) is 2.22. The summed E-state index contributed by atoms with van der Waals surface area (Å²) in [6, 6.07) is 9.70. The van der Waals surface area contributed by atoms with Gasteiger partial charge in [-0.1, -0.05) is 30.3 Å². The molecule has 5 nitrogen and oxygen atoms in total. The zero-order valence-corrected chi connectivity index (χ0v) is 10.9. The van der Waals surface area contributed by atoms with Crippen molar-refractivity contribution in [2.45, 2.75) is 6.42 Å². The van der Waals surface area contributed by atoms with Crippen LogP contribution in [0.5, 0.6) is 0 Å². The van der Waals surface area contributed by atoms with Gasteiger partial charge in [0.1, 0.15) is 0 Å². The zero-order chi connectivity index (χ0) is 13.7. The van der Waals surface area contributed by atoms with Crippen LogP contribution >= 0.6 is 0 Å². The first-order chi connectivity index (χ1) is 9.20. The Balaban J connectivity index is 1.84. The van der Waals surface area contributed by atoms with E-state index in [-0.39, 0.29) is 18.4 Å². The van der Waals surface area contributed by atoms with Crippen LogP contribution in [0, 0.1) is 0 Å². The van der Waals surface area contributed by atoms with Gasteiger partial charge < -0.3 is 15.5 Å². The van der Waals surface area contributed by atoms with Crippen LogP contribution in [0.2, 0.25) is 0 Å². The molecule has 2 amide bonds. The Bertz CT molecular complexity index is 439. The van der Waals surface area contributed by atoms with Gasteiger partial charge in [-0.25, -0.2) is 0 Å². The number of nitrogens with two attached hydrogens (primary N) is 1. The number of carbonyl (C=O) groups excluding carboxylic acids is 2. The van der Waals surface area contributed by atoms with E-state index in [9.17, 15) is 9.59 Å². The second kappa shape index (κ2) is 6.33. The number of hydrogen-bond donors (Lipinski definition) is 1. The second-order valence-corrected chi connectivity index (χ2v) is 4.63. The van der Waals surface area contributed by atoms with Crippen LogP contribution in [0.15, 0.2) is 30.3 Å². The fourth-order valence-corrected chi connectivity index (χ4v) is 2.22. The highest BCUT2D eigenvalue weighted by Gasteiger charge is 2.23. The quantitative estimate of drug-likeness (QED) is 0.823. The van der Waals surface area contributed by atoms with Crippen molar-refractivity contribution >= 4 is 11.8 Å². The van der Waals surface area contributed by atoms with Gasteiger partial charge >= 0.3 is 0 Å². The third kappa shape index (κ3) is 3.54. The van der Waals surface area contributed by atoms with Gasteiger partial charge in [0.15, 0.2) is 0 Å². The first-order valence-corrected chi connectivity index (χ1v) is 6.50. The average Bonchev–Trinajstić information content (AvgIpc) is 2.47. The molecule has 0 saturated carbocycles. The van der Waals surface area contributed by atoms with Crippen molar-refractivity contribution < 1.29 is 9.59 Å². The molecule has 2 N–H and O–H groups in total. The highest BCUT2D eigenvalue weighted by atomic mass is 16.2. The summed E-state index contributed by atoms with van der Waals surface area (Å²) in [7, 11) is 0. The second-order valence-electron chi connectivity index (χ2n) is 4.63. The van der Waals surface area contributed by atoms with Gasteiger partial charge in [0.25, 0.3) is 0 Å². The monoisotopic (exact) mass is 261 g/mol. The summed E-state index contributed by atoms with van der Waals surface area (Å²) >= 11 is 0. The predicted molar refractivity (Wildman–Crippen MR) is 72.4 cm³/mol. The van der Waals surface area contributed by atoms with E-state index in [0.717, 1.165) is 5.56 Å². The highest BCUT2D eigenvalue weighted by Crippen LogP contribution is 2.07. The Morgan fingerprint density at radius 2 is 1.47 bits per heavy atom. The first kappa shape index (κ1) is 13.5. The van der Waals surface area contributed by atoms with E-state index in [1.807, 2.05) is 35.2 Å². The summed E-state index contributed by atoms with van der Waals surface area (Å²) in [5, 5.41) is 0. The maximum absolute atomic E-state index is 12.1. The lowest BCUT2D eigenvalue weighted by atomic mass is 10.1. The van der Waals surface area contributed by atoms with Gasteiger partial charge in [-0.3, -0.25) is 9.59 Å². The van der Waals surface area contributed by atoms with Crippen LogP contribution in [-0.4, -0.2) is 54.3 Å². The number of benzene rings is 1. The maximum atomic E-state index is 12.1. The molecule has 2 rings (SSSR count). The molecule has 19 heavy (non-hydrogen) atoms. The third-order valence-electron chi connectivity index (χ3n) is 3.36. The van der Waals surface area contributed by atoms with Crippen LogP contribution in [0.3, 0.4) is 0 Å². The van der Waals surface area contributed by atoms with Crippen molar-refractivity contribution in [2.24, 2.45) is 5.73 Å². The lowest BCUT2D eigenvalue weighted by Crippen LogP contribution is -2.52. The zero-order valence-electron chi connectivity index (χ0n) is 10.9. The normalized spacial score (nSPS) is 15.4. The van der Waals surface area contributed by atoms with Gasteiger partial charge in [0.05, 0.1) is 13.0 Å². The number of rotatable bonds is 3. The van der Waals surface area contributed by atoms with Gasteiger partial charge in [0.2, 0.25) is 11.8 Å². The maximum Gasteiger partial charge on any atom is 0.236 e. The molecule has 0 atom stereocenters. The average molecular weight is 261 g/mol. The Morgan fingerprint density at radius 3 is 2.00 bits per heavy atom. The Hall–Kier alpha value is -1.88. The molecule has 1 aromatic carbocycles. The van der Waals surface area contributed by atoms with Crippen molar-refractivity contribution in [3.05, 3.63) is 35.9 Å². The first-order valence-electron chi connectivity index (χ1n) is 6.50. The molecule has 102 valence electrons. The summed E-state index contributed by atoms with van der Waals surface area (Å²) in [4.78, 5) is 27.1. The van der Waals surface area contributed by atoms with E-state index in [1.54, 1.807) is 4.90 Å². The van der Waals surface area contributed by atoms with Crippen molar-refractivity contribution in [3.8, 4) is 0 Å². The van der Waals surface area contributed by atoms with Crippen LogP contribution in [0.1, 0.15) is 5.56 Å². The molecule has 0 bridgehead atoms. The van der Waals surface area contributed by atoms with Crippen LogP contribution < -0.4 is 5.73 Å². The minimum absolute atomic E-state index is 0.0396. The number of carbonyl (C=O) groups is 2. The van der Waals surface area contributed by atoms with Crippen LogP contribution in [-0.2, 0) is 16.0 Å². The summed E-state index contributed by atoms with van der Waals surface area (Å²) in [6.45, 7) is 2.39. The summed E-state index contributed by atoms with van der Waals surface area (Å²) in [5.74, 6) is 0.0706. The fraction of sp³-hybridized carbons (Fsp3) is 0.429. The van der Waals surface area contributed by atoms with Gasteiger partial charge in [0, 0.05) is 26.2 Å². The lowest BCUT2D eigenvalue weighted by Gasteiger charge is -2.34. The molecule has 1 fully saturated rings. The molecule has 0 aliphatic carbocycles. The molecular weight excluding hydrogens is 242 g/mol. The van der Waals surface area contributed by atoms with Crippen molar-refractivity contribution in [1.29, 1.82) is 0 Å².